The first kappa shape index (κ1) is 20.8. The number of nitrogens with zero attached hydrogens (tertiary/aromatic N) is 4. The summed E-state index contributed by atoms with van der Waals surface area (Å²) in [6.45, 7) is 2.15. The van der Waals surface area contributed by atoms with Gasteiger partial charge in [-0.3, -0.25) is 14.2 Å². The molecule has 0 saturated carbocycles. The summed E-state index contributed by atoms with van der Waals surface area (Å²) in [5.74, 6) is -1.34. The van der Waals surface area contributed by atoms with Gasteiger partial charge in [-0.2, -0.15) is 4.98 Å². The van der Waals surface area contributed by atoms with Crippen LogP contribution in [0.2, 0.25) is 5.02 Å². The first-order chi connectivity index (χ1) is 15.9. The summed E-state index contributed by atoms with van der Waals surface area (Å²) < 4.78 is 16.4. The fourth-order valence-corrected chi connectivity index (χ4v) is 3.88. The minimum atomic E-state index is -0.651. The molecule has 5 aromatic rings. The largest absolute Gasteiger partial charge is 0.319 e. The van der Waals surface area contributed by atoms with E-state index in [1.54, 1.807) is 16.7 Å². The van der Waals surface area contributed by atoms with Crippen molar-refractivity contribution in [2.24, 2.45) is 0 Å². The third-order valence-electron chi connectivity index (χ3n) is 5.27. The summed E-state index contributed by atoms with van der Waals surface area (Å²) in [7, 11) is 0. The van der Waals surface area contributed by atoms with Gasteiger partial charge in [0, 0.05) is 10.7 Å². The molecule has 0 unspecified atom stereocenters. The van der Waals surface area contributed by atoms with E-state index in [4.69, 9.17) is 11.6 Å². The Labute approximate surface area is 192 Å². The average molecular weight is 462 g/mol. The minimum Gasteiger partial charge on any atom is -0.319 e. The standard InChI is InChI=1S/C24H17ClFN5O2/c1-14-9-10-19-20(11-14)30(13-15-5-2-3-8-18(15)25)24(33)22-28-21(29-31(19)22)23(32)27-17-7-4-6-16(26)12-17/h2-12H,13H2,1H3,(H,27,32). The van der Waals surface area contributed by atoms with E-state index in [1.807, 2.05) is 43.3 Å². The number of aryl methyl sites for hydroxylation is 1. The van der Waals surface area contributed by atoms with Crippen molar-refractivity contribution in [3.63, 3.8) is 0 Å². The van der Waals surface area contributed by atoms with E-state index < -0.39 is 17.3 Å². The van der Waals surface area contributed by atoms with E-state index in [0.29, 0.717) is 16.1 Å². The van der Waals surface area contributed by atoms with Crippen molar-refractivity contribution in [1.82, 2.24) is 19.2 Å². The average Bonchev–Trinajstić information content (AvgIpc) is 3.24. The fraction of sp³-hybridized carbons (Fsp3) is 0.0833. The van der Waals surface area contributed by atoms with Gasteiger partial charge in [0.2, 0.25) is 11.5 Å². The molecule has 0 aliphatic rings. The lowest BCUT2D eigenvalue weighted by Crippen LogP contribution is -2.24. The zero-order valence-corrected chi connectivity index (χ0v) is 18.2. The van der Waals surface area contributed by atoms with E-state index in [-0.39, 0.29) is 23.7 Å². The molecular weight excluding hydrogens is 445 g/mol. The predicted molar refractivity (Wildman–Crippen MR) is 124 cm³/mol. The number of halogens is 2. The van der Waals surface area contributed by atoms with Crippen molar-refractivity contribution in [3.05, 3.63) is 105 Å². The Kier molecular flexibility index (Phi) is 5.14. The summed E-state index contributed by atoms with van der Waals surface area (Å²) in [6, 6.07) is 18.4. The Morgan fingerprint density at radius 1 is 1.06 bits per heavy atom. The van der Waals surface area contributed by atoms with Gasteiger partial charge in [0.15, 0.2) is 0 Å². The van der Waals surface area contributed by atoms with Crippen LogP contribution in [0.4, 0.5) is 10.1 Å². The maximum atomic E-state index is 13.5. The molecule has 33 heavy (non-hydrogen) atoms. The van der Waals surface area contributed by atoms with Crippen LogP contribution in [0.15, 0.2) is 71.5 Å². The highest BCUT2D eigenvalue weighted by Gasteiger charge is 2.20. The molecule has 7 nitrogen and oxygen atoms in total. The molecule has 0 aliphatic heterocycles. The Morgan fingerprint density at radius 2 is 1.88 bits per heavy atom. The number of carbonyl (C=O) groups is 1. The summed E-state index contributed by atoms with van der Waals surface area (Å²) in [6.07, 6.45) is 0. The van der Waals surface area contributed by atoms with Crippen LogP contribution in [0.25, 0.3) is 16.7 Å². The van der Waals surface area contributed by atoms with E-state index >= 15 is 0 Å². The second-order valence-electron chi connectivity index (χ2n) is 7.61. The third-order valence-corrected chi connectivity index (χ3v) is 5.63. The lowest BCUT2D eigenvalue weighted by atomic mass is 10.2. The van der Waals surface area contributed by atoms with Gasteiger partial charge in [0.05, 0.1) is 17.6 Å². The maximum absolute atomic E-state index is 13.5. The molecule has 5 rings (SSSR count). The van der Waals surface area contributed by atoms with Crippen molar-refractivity contribution < 1.29 is 9.18 Å². The molecule has 3 aromatic carbocycles. The smallest absolute Gasteiger partial charge is 0.296 e. The highest BCUT2D eigenvalue weighted by molar-refractivity contribution is 6.31. The van der Waals surface area contributed by atoms with Crippen molar-refractivity contribution in [1.29, 1.82) is 0 Å². The van der Waals surface area contributed by atoms with E-state index in [1.165, 1.54) is 22.7 Å². The number of aromatic nitrogens is 4. The number of amides is 1. The topological polar surface area (TPSA) is 81.3 Å². The zero-order valence-electron chi connectivity index (χ0n) is 17.4. The number of hydrogen-bond donors (Lipinski definition) is 1. The van der Waals surface area contributed by atoms with Gasteiger partial charge >= 0.3 is 0 Å². The number of fused-ring (bicyclic) bond motifs is 3. The van der Waals surface area contributed by atoms with Gasteiger partial charge in [-0.25, -0.2) is 8.91 Å². The van der Waals surface area contributed by atoms with Gasteiger partial charge in [0.25, 0.3) is 11.5 Å². The molecular formula is C24H17ClFN5O2. The van der Waals surface area contributed by atoms with Crippen LogP contribution in [0, 0.1) is 12.7 Å². The summed E-state index contributed by atoms with van der Waals surface area (Å²) in [4.78, 5) is 30.4. The summed E-state index contributed by atoms with van der Waals surface area (Å²) >= 11 is 6.33. The number of anilines is 1. The molecule has 0 radical (unpaired) electrons. The molecule has 1 amide bonds. The van der Waals surface area contributed by atoms with Crippen LogP contribution in [0.3, 0.4) is 0 Å². The van der Waals surface area contributed by atoms with Gasteiger partial charge in [-0.1, -0.05) is 41.9 Å². The van der Waals surface area contributed by atoms with Crippen LogP contribution in [0.1, 0.15) is 21.7 Å². The van der Waals surface area contributed by atoms with Gasteiger partial charge in [-0.15, -0.1) is 5.10 Å². The molecule has 1 N–H and O–H groups in total. The molecule has 2 aromatic heterocycles. The molecule has 2 heterocycles. The molecule has 9 heteroatoms. The highest BCUT2D eigenvalue weighted by atomic mass is 35.5. The van der Waals surface area contributed by atoms with Crippen molar-refractivity contribution in [2.45, 2.75) is 13.5 Å². The molecule has 0 aliphatic carbocycles. The normalized spacial score (nSPS) is 11.2. The van der Waals surface area contributed by atoms with Crippen LogP contribution >= 0.6 is 11.6 Å². The monoisotopic (exact) mass is 461 g/mol. The third kappa shape index (κ3) is 3.85. The van der Waals surface area contributed by atoms with Gasteiger partial charge in [0.1, 0.15) is 5.82 Å². The second-order valence-corrected chi connectivity index (χ2v) is 8.02. The van der Waals surface area contributed by atoms with Gasteiger partial charge < -0.3 is 5.32 Å². The number of hydrogen-bond acceptors (Lipinski definition) is 4. The maximum Gasteiger partial charge on any atom is 0.296 e. The van der Waals surface area contributed by atoms with Crippen LogP contribution in [-0.4, -0.2) is 25.1 Å². The minimum absolute atomic E-state index is 0.00259. The number of benzene rings is 3. The first-order valence-corrected chi connectivity index (χ1v) is 10.5. The lowest BCUT2D eigenvalue weighted by molar-refractivity contribution is 0.101. The van der Waals surface area contributed by atoms with Crippen molar-refractivity contribution in [2.75, 3.05) is 5.32 Å². The number of rotatable bonds is 4. The molecule has 0 fully saturated rings. The van der Waals surface area contributed by atoms with Crippen molar-refractivity contribution >= 4 is 39.9 Å². The SMILES string of the molecule is Cc1ccc2c(c1)n(Cc1ccccc1Cl)c(=O)c1nc(C(=O)Nc3cccc(F)c3)nn12. The van der Waals surface area contributed by atoms with Crippen LogP contribution in [-0.2, 0) is 6.54 Å². The Morgan fingerprint density at radius 3 is 2.67 bits per heavy atom. The Balaban J connectivity index is 1.66. The van der Waals surface area contributed by atoms with E-state index in [9.17, 15) is 14.0 Å². The number of carbonyl (C=O) groups excluding carboxylic acids is 1. The fourth-order valence-electron chi connectivity index (χ4n) is 3.68. The second kappa shape index (κ2) is 8.14. The predicted octanol–water partition coefficient (Wildman–Crippen LogP) is 4.45. The van der Waals surface area contributed by atoms with Crippen LogP contribution < -0.4 is 10.9 Å². The molecule has 0 spiro atoms. The highest BCUT2D eigenvalue weighted by Crippen LogP contribution is 2.21. The molecule has 0 saturated heterocycles. The quantitative estimate of drug-likeness (QED) is 0.429. The van der Waals surface area contributed by atoms with E-state index in [2.05, 4.69) is 15.4 Å². The molecule has 0 bridgehead atoms. The Bertz CT molecular complexity index is 1610. The lowest BCUT2D eigenvalue weighted by Gasteiger charge is -2.13. The summed E-state index contributed by atoms with van der Waals surface area (Å²) in [5, 5.41) is 7.37. The van der Waals surface area contributed by atoms with Gasteiger partial charge in [-0.05, 0) is 54.4 Å². The zero-order chi connectivity index (χ0) is 23.1. The summed E-state index contributed by atoms with van der Waals surface area (Å²) in [5.41, 5.74) is 2.83. The first-order valence-electron chi connectivity index (χ1n) is 10.1. The Hall–Kier alpha value is -4.04. The number of nitrogens with one attached hydrogen (secondary N) is 1. The molecule has 164 valence electrons. The molecule has 0 atom stereocenters. The van der Waals surface area contributed by atoms with E-state index in [0.717, 1.165) is 11.1 Å². The van der Waals surface area contributed by atoms with Crippen LogP contribution in [0.5, 0.6) is 0 Å². The van der Waals surface area contributed by atoms with Crippen molar-refractivity contribution in [3.8, 4) is 0 Å².